The molecular formula is C13H17F2NO. The highest BCUT2D eigenvalue weighted by Crippen LogP contribution is 2.42. The zero-order valence-corrected chi connectivity index (χ0v) is 9.88. The van der Waals surface area contributed by atoms with Crippen LogP contribution < -0.4 is 10.5 Å². The fourth-order valence-electron chi connectivity index (χ4n) is 2.57. The van der Waals surface area contributed by atoms with E-state index >= 15 is 0 Å². The van der Waals surface area contributed by atoms with Gasteiger partial charge in [-0.05, 0) is 25.3 Å². The minimum atomic E-state index is -2.81. The van der Waals surface area contributed by atoms with Crippen molar-refractivity contribution in [1.29, 1.82) is 0 Å². The van der Waals surface area contributed by atoms with Crippen LogP contribution >= 0.6 is 0 Å². The Kier molecular flexibility index (Phi) is 3.33. The van der Waals surface area contributed by atoms with Gasteiger partial charge in [-0.3, -0.25) is 0 Å². The Balaban J connectivity index is 2.42. The fourth-order valence-corrected chi connectivity index (χ4v) is 2.57. The first-order valence-corrected chi connectivity index (χ1v) is 5.87. The molecular weight excluding hydrogens is 224 g/mol. The van der Waals surface area contributed by atoms with Gasteiger partial charge in [-0.1, -0.05) is 31.0 Å². The molecule has 2 rings (SSSR count). The van der Waals surface area contributed by atoms with Crippen LogP contribution in [-0.2, 0) is 5.54 Å². The molecule has 0 spiro atoms. The fraction of sp³-hybridized carbons (Fsp3) is 0.538. The third kappa shape index (κ3) is 2.41. The van der Waals surface area contributed by atoms with E-state index in [0.29, 0.717) is 5.56 Å². The van der Waals surface area contributed by atoms with Crippen LogP contribution in [0.25, 0.3) is 0 Å². The summed E-state index contributed by atoms with van der Waals surface area (Å²) in [4.78, 5) is 0. The van der Waals surface area contributed by atoms with Crippen molar-refractivity contribution < 1.29 is 13.5 Å². The number of nitrogens with two attached hydrogens (primary N) is 1. The van der Waals surface area contributed by atoms with Crippen LogP contribution in [0.1, 0.15) is 36.8 Å². The van der Waals surface area contributed by atoms with Crippen LogP contribution in [0.2, 0.25) is 0 Å². The lowest BCUT2D eigenvalue weighted by Crippen LogP contribution is -2.34. The maximum atomic E-state index is 12.4. The molecule has 2 N–H and O–H groups in total. The summed E-state index contributed by atoms with van der Waals surface area (Å²) in [5, 5.41) is 0. The Morgan fingerprint density at radius 1 is 1.29 bits per heavy atom. The quantitative estimate of drug-likeness (QED) is 0.881. The number of hydrogen-bond acceptors (Lipinski definition) is 2. The molecule has 0 aromatic heterocycles. The Hall–Kier alpha value is -1.16. The number of aryl methyl sites for hydroxylation is 1. The van der Waals surface area contributed by atoms with E-state index in [2.05, 4.69) is 4.74 Å². The van der Waals surface area contributed by atoms with Gasteiger partial charge in [0, 0.05) is 11.1 Å². The standard InChI is InChI=1S/C13H17F2NO/c1-9-5-4-6-10(11(9)17-12(14)15)13(16)7-2-3-8-13/h4-6,12H,2-3,7-8,16H2,1H3. The van der Waals surface area contributed by atoms with Crippen molar-refractivity contribution in [3.8, 4) is 5.75 Å². The number of hydrogen-bond donors (Lipinski definition) is 1. The Bertz CT molecular complexity index is 400. The molecule has 1 aromatic carbocycles. The van der Waals surface area contributed by atoms with Gasteiger partial charge in [0.1, 0.15) is 5.75 Å². The number of benzene rings is 1. The lowest BCUT2D eigenvalue weighted by molar-refractivity contribution is -0.0515. The van der Waals surface area contributed by atoms with Crippen molar-refractivity contribution in [3.05, 3.63) is 29.3 Å². The van der Waals surface area contributed by atoms with E-state index in [-0.39, 0.29) is 5.75 Å². The molecule has 0 radical (unpaired) electrons. The Morgan fingerprint density at radius 3 is 2.53 bits per heavy atom. The largest absolute Gasteiger partial charge is 0.434 e. The minimum Gasteiger partial charge on any atom is -0.434 e. The molecule has 1 aliphatic rings. The molecule has 0 unspecified atom stereocenters. The number of ether oxygens (including phenoxy) is 1. The SMILES string of the molecule is Cc1cccc(C2(N)CCCC2)c1OC(F)F. The highest BCUT2D eigenvalue weighted by atomic mass is 19.3. The van der Waals surface area contributed by atoms with Crippen molar-refractivity contribution in [2.45, 2.75) is 44.8 Å². The molecule has 0 amide bonds. The molecule has 1 saturated carbocycles. The molecule has 17 heavy (non-hydrogen) atoms. The van der Waals surface area contributed by atoms with Crippen LogP contribution in [0, 0.1) is 6.92 Å². The van der Waals surface area contributed by atoms with Crippen molar-refractivity contribution in [1.82, 2.24) is 0 Å². The van der Waals surface area contributed by atoms with Gasteiger partial charge in [-0.15, -0.1) is 0 Å². The summed E-state index contributed by atoms with van der Waals surface area (Å²) >= 11 is 0. The second-order valence-corrected chi connectivity index (χ2v) is 4.69. The van der Waals surface area contributed by atoms with Crippen molar-refractivity contribution in [2.75, 3.05) is 0 Å². The summed E-state index contributed by atoms with van der Waals surface area (Å²) < 4.78 is 29.5. The predicted octanol–water partition coefficient (Wildman–Crippen LogP) is 3.32. The number of alkyl halides is 2. The van der Waals surface area contributed by atoms with Crippen LogP contribution in [0.4, 0.5) is 8.78 Å². The molecule has 1 aromatic rings. The molecule has 0 saturated heterocycles. The average Bonchev–Trinajstić information content (AvgIpc) is 2.69. The molecule has 0 atom stereocenters. The number of para-hydroxylation sites is 1. The molecule has 1 aliphatic carbocycles. The molecule has 0 heterocycles. The second-order valence-electron chi connectivity index (χ2n) is 4.69. The summed E-state index contributed by atoms with van der Waals surface area (Å²) in [5.41, 5.74) is 7.22. The van der Waals surface area contributed by atoms with Crippen LogP contribution in [0.15, 0.2) is 18.2 Å². The first-order valence-electron chi connectivity index (χ1n) is 5.87. The highest BCUT2D eigenvalue weighted by molar-refractivity contribution is 5.45. The minimum absolute atomic E-state index is 0.256. The molecule has 0 bridgehead atoms. The van der Waals surface area contributed by atoms with Crippen molar-refractivity contribution >= 4 is 0 Å². The normalized spacial score (nSPS) is 18.6. The average molecular weight is 241 g/mol. The second kappa shape index (κ2) is 4.61. The van der Waals surface area contributed by atoms with Gasteiger partial charge in [0.2, 0.25) is 0 Å². The lowest BCUT2D eigenvalue weighted by atomic mass is 9.87. The van der Waals surface area contributed by atoms with E-state index in [1.165, 1.54) is 0 Å². The van der Waals surface area contributed by atoms with E-state index < -0.39 is 12.2 Å². The van der Waals surface area contributed by atoms with Gasteiger partial charge in [0.05, 0.1) is 0 Å². The molecule has 94 valence electrons. The van der Waals surface area contributed by atoms with E-state index in [1.807, 2.05) is 6.07 Å². The third-order valence-corrected chi connectivity index (χ3v) is 3.45. The maximum Gasteiger partial charge on any atom is 0.387 e. The van der Waals surface area contributed by atoms with E-state index in [9.17, 15) is 8.78 Å². The molecule has 0 aliphatic heterocycles. The number of rotatable bonds is 3. The van der Waals surface area contributed by atoms with Gasteiger partial charge in [0.25, 0.3) is 0 Å². The zero-order chi connectivity index (χ0) is 12.5. The summed E-state index contributed by atoms with van der Waals surface area (Å²) in [6.45, 7) is -1.04. The molecule has 1 fully saturated rings. The van der Waals surface area contributed by atoms with Gasteiger partial charge in [-0.2, -0.15) is 8.78 Å². The third-order valence-electron chi connectivity index (χ3n) is 3.45. The van der Waals surface area contributed by atoms with Crippen molar-refractivity contribution in [2.24, 2.45) is 5.73 Å². The summed E-state index contributed by atoms with van der Waals surface area (Å²) in [5.74, 6) is 0.256. The first-order chi connectivity index (χ1) is 8.03. The maximum absolute atomic E-state index is 12.4. The van der Waals surface area contributed by atoms with Gasteiger partial charge in [-0.25, -0.2) is 0 Å². The molecule has 2 nitrogen and oxygen atoms in total. The Morgan fingerprint density at radius 2 is 1.94 bits per heavy atom. The van der Waals surface area contributed by atoms with Crippen LogP contribution in [0.3, 0.4) is 0 Å². The van der Waals surface area contributed by atoms with Gasteiger partial charge >= 0.3 is 6.61 Å². The summed E-state index contributed by atoms with van der Waals surface area (Å²) in [7, 11) is 0. The Labute approximate surface area is 99.8 Å². The van der Waals surface area contributed by atoms with E-state index in [0.717, 1.165) is 31.2 Å². The van der Waals surface area contributed by atoms with Gasteiger partial charge in [0.15, 0.2) is 0 Å². The first kappa shape index (κ1) is 12.3. The van der Waals surface area contributed by atoms with E-state index in [4.69, 9.17) is 5.73 Å². The zero-order valence-electron chi connectivity index (χ0n) is 9.88. The number of halogens is 2. The van der Waals surface area contributed by atoms with Crippen LogP contribution in [0.5, 0.6) is 5.75 Å². The smallest absolute Gasteiger partial charge is 0.387 e. The van der Waals surface area contributed by atoms with E-state index in [1.54, 1.807) is 19.1 Å². The van der Waals surface area contributed by atoms with Gasteiger partial charge < -0.3 is 10.5 Å². The monoisotopic (exact) mass is 241 g/mol. The lowest BCUT2D eigenvalue weighted by Gasteiger charge is -2.27. The highest BCUT2D eigenvalue weighted by Gasteiger charge is 2.34. The summed E-state index contributed by atoms with van der Waals surface area (Å²) in [6.07, 6.45) is 3.74. The van der Waals surface area contributed by atoms with Crippen LogP contribution in [-0.4, -0.2) is 6.61 Å². The predicted molar refractivity (Wildman–Crippen MR) is 62.1 cm³/mol. The summed E-state index contributed by atoms with van der Waals surface area (Å²) in [6, 6.07) is 5.41. The van der Waals surface area contributed by atoms with Crippen molar-refractivity contribution in [3.63, 3.8) is 0 Å². The molecule has 4 heteroatoms. The topological polar surface area (TPSA) is 35.2 Å².